The number of nitrogens with zero attached hydrogens (tertiary/aromatic N) is 1. The van der Waals surface area contributed by atoms with Gasteiger partial charge in [0.2, 0.25) is 11.8 Å². The van der Waals surface area contributed by atoms with E-state index < -0.39 is 35.2 Å². The lowest BCUT2D eigenvalue weighted by Gasteiger charge is -2.27. The molecule has 0 aromatic heterocycles. The molecule has 1 fully saturated rings. The highest BCUT2D eigenvalue weighted by molar-refractivity contribution is 6.24. The highest BCUT2D eigenvalue weighted by Crippen LogP contribution is 2.30. The van der Waals surface area contributed by atoms with E-state index in [1.807, 2.05) is 38.1 Å². The molecule has 0 aliphatic carbocycles. The summed E-state index contributed by atoms with van der Waals surface area (Å²) in [4.78, 5) is 50.7. The zero-order valence-electron chi connectivity index (χ0n) is 18.1. The number of hydrogen-bond acceptors (Lipinski definition) is 6. The third kappa shape index (κ3) is 4.06. The van der Waals surface area contributed by atoms with Gasteiger partial charge in [0.1, 0.15) is 6.04 Å². The van der Waals surface area contributed by atoms with Crippen LogP contribution in [0.2, 0.25) is 0 Å². The van der Waals surface area contributed by atoms with Crippen LogP contribution >= 0.6 is 0 Å². The predicted octanol–water partition coefficient (Wildman–Crippen LogP) is 1.57. The Morgan fingerprint density at radius 1 is 1.03 bits per heavy atom. The Morgan fingerprint density at radius 2 is 1.75 bits per heavy atom. The first kappa shape index (κ1) is 21.9. The second-order valence-electron chi connectivity index (χ2n) is 8.81. The molecule has 4 amide bonds. The molecule has 2 aliphatic heterocycles. The number of nitrogens with one attached hydrogen (secondary N) is 2. The molecular formula is C24H26N4O4. The van der Waals surface area contributed by atoms with Crippen LogP contribution in [-0.4, -0.2) is 34.6 Å². The van der Waals surface area contributed by atoms with Crippen LogP contribution in [0.25, 0.3) is 0 Å². The summed E-state index contributed by atoms with van der Waals surface area (Å²) < 4.78 is 0. The summed E-state index contributed by atoms with van der Waals surface area (Å²) in [6.07, 6.45) is 0.234. The van der Waals surface area contributed by atoms with Crippen molar-refractivity contribution in [2.24, 2.45) is 5.73 Å². The van der Waals surface area contributed by atoms with Crippen LogP contribution in [0, 0.1) is 0 Å². The van der Waals surface area contributed by atoms with Crippen LogP contribution in [0.4, 0.5) is 0 Å². The molecule has 0 spiro atoms. The molecule has 166 valence electrons. The lowest BCUT2D eigenvalue weighted by molar-refractivity contribution is -0.136. The van der Waals surface area contributed by atoms with Gasteiger partial charge in [0, 0.05) is 25.0 Å². The molecular weight excluding hydrogens is 408 g/mol. The van der Waals surface area contributed by atoms with Crippen LogP contribution < -0.4 is 16.4 Å². The average Bonchev–Trinajstić information content (AvgIpc) is 2.99. The summed E-state index contributed by atoms with van der Waals surface area (Å²) >= 11 is 0. The lowest BCUT2D eigenvalue weighted by atomic mass is 9.95. The largest absolute Gasteiger partial charge is 0.322 e. The first-order valence-corrected chi connectivity index (χ1v) is 10.6. The summed E-state index contributed by atoms with van der Waals surface area (Å²) in [5.74, 6) is -2.00. The van der Waals surface area contributed by atoms with E-state index in [2.05, 4.69) is 10.6 Å². The summed E-state index contributed by atoms with van der Waals surface area (Å²) in [7, 11) is 0. The molecule has 4 rings (SSSR count). The van der Waals surface area contributed by atoms with Gasteiger partial charge in [-0.25, -0.2) is 0 Å². The van der Waals surface area contributed by atoms with E-state index in [1.54, 1.807) is 18.2 Å². The molecule has 1 unspecified atom stereocenters. The maximum atomic E-state index is 13.1. The SMILES string of the molecule is CC(C)(N)c1ccc(CNCc2cccc3c2C(=O)N(C2CCC(=O)NC2=O)C3=O)cc1. The number of imide groups is 2. The van der Waals surface area contributed by atoms with Gasteiger partial charge in [0.15, 0.2) is 0 Å². The molecule has 1 atom stereocenters. The number of hydrogen-bond donors (Lipinski definition) is 3. The van der Waals surface area contributed by atoms with E-state index in [0.29, 0.717) is 24.2 Å². The van der Waals surface area contributed by atoms with Crippen molar-refractivity contribution >= 4 is 23.6 Å². The third-order valence-electron chi connectivity index (χ3n) is 5.90. The molecule has 8 heteroatoms. The zero-order valence-corrected chi connectivity index (χ0v) is 18.1. The summed E-state index contributed by atoms with van der Waals surface area (Å²) in [6.45, 7) is 4.86. The van der Waals surface area contributed by atoms with Gasteiger partial charge in [-0.3, -0.25) is 29.4 Å². The van der Waals surface area contributed by atoms with Crippen LogP contribution in [0.15, 0.2) is 42.5 Å². The Hall–Kier alpha value is -3.36. The maximum absolute atomic E-state index is 13.1. The van der Waals surface area contributed by atoms with Crippen LogP contribution in [0.5, 0.6) is 0 Å². The average molecular weight is 434 g/mol. The quantitative estimate of drug-likeness (QED) is 0.594. The van der Waals surface area contributed by atoms with E-state index >= 15 is 0 Å². The van der Waals surface area contributed by atoms with Crippen molar-refractivity contribution in [1.29, 1.82) is 0 Å². The molecule has 2 heterocycles. The molecule has 1 saturated heterocycles. The molecule has 0 saturated carbocycles. The highest BCUT2D eigenvalue weighted by atomic mass is 16.2. The summed E-state index contributed by atoms with van der Waals surface area (Å²) in [5, 5.41) is 5.52. The van der Waals surface area contributed by atoms with Gasteiger partial charge in [-0.05, 0) is 43.0 Å². The fraction of sp³-hybridized carbons (Fsp3) is 0.333. The predicted molar refractivity (Wildman–Crippen MR) is 117 cm³/mol. The standard InChI is InChI=1S/C24H26N4O4/c1-24(2,25)16-8-6-14(7-9-16)12-26-13-15-4-3-5-17-20(15)23(32)28(22(17)31)18-10-11-19(29)27-21(18)30/h3-9,18,26H,10-13,25H2,1-2H3,(H,27,29,30). The monoisotopic (exact) mass is 434 g/mol. The van der Waals surface area contributed by atoms with E-state index in [-0.39, 0.29) is 18.4 Å². The topological polar surface area (TPSA) is 122 Å². The van der Waals surface area contributed by atoms with Crippen molar-refractivity contribution in [3.8, 4) is 0 Å². The van der Waals surface area contributed by atoms with E-state index in [4.69, 9.17) is 5.73 Å². The molecule has 4 N–H and O–H groups in total. The Kier molecular flexibility index (Phi) is 5.66. The Morgan fingerprint density at radius 3 is 2.41 bits per heavy atom. The fourth-order valence-corrected chi connectivity index (χ4v) is 4.13. The second kappa shape index (κ2) is 8.29. The molecule has 2 aromatic rings. The van der Waals surface area contributed by atoms with Crippen LogP contribution in [-0.2, 0) is 28.2 Å². The first-order chi connectivity index (χ1) is 15.2. The van der Waals surface area contributed by atoms with Crippen molar-refractivity contribution < 1.29 is 19.2 Å². The fourth-order valence-electron chi connectivity index (χ4n) is 4.13. The van der Waals surface area contributed by atoms with Gasteiger partial charge in [0.25, 0.3) is 11.8 Å². The molecule has 0 bridgehead atoms. The smallest absolute Gasteiger partial charge is 0.262 e. The minimum absolute atomic E-state index is 0.0956. The van der Waals surface area contributed by atoms with Crippen molar-refractivity contribution in [3.05, 3.63) is 70.3 Å². The molecule has 2 aromatic carbocycles. The number of amides is 4. The Bertz CT molecular complexity index is 1100. The number of carbonyl (C=O) groups is 4. The van der Waals surface area contributed by atoms with Crippen molar-refractivity contribution in [2.45, 2.75) is 51.4 Å². The van der Waals surface area contributed by atoms with E-state index in [0.717, 1.165) is 16.0 Å². The summed E-state index contributed by atoms with van der Waals surface area (Å²) in [5.41, 5.74) is 9.11. The van der Waals surface area contributed by atoms with E-state index in [1.165, 1.54) is 0 Å². The van der Waals surface area contributed by atoms with Gasteiger partial charge in [0.05, 0.1) is 11.1 Å². The number of benzene rings is 2. The van der Waals surface area contributed by atoms with Gasteiger partial charge >= 0.3 is 0 Å². The van der Waals surface area contributed by atoms with Gasteiger partial charge in [-0.15, -0.1) is 0 Å². The van der Waals surface area contributed by atoms with Gasteiger partial charge < -0.3 is 11.1 Å². The number of fused-ring (bicyclic) bond motifs is 1. The number of nitrogens with two attached hydrogens (primary N) is 1. The lowest BCUT2D eigenvalue weighted by Crippen LogP contribution is -2.54. The third-order valence-corrected chi connectivity index (χ3v) is 5.90. The van der Waals surface area contributed by atoms with E-state index in [9.17, 15) is 19.2 Å². The zero-order chi connectivity index (χ0) is 23.0. The number of carbonyl (C=O) groups excluding carboxylic acids is 4. The van der Waals surface area contributed by atoms with Crippen molar-refractivity contribution in [1.82, 2.24) is 15.5 Å². The number of piperidine rings is 1. The maximum Gasteiger partial charge on any atom is 0.262 e. The first-order valence-electron chi connectivity index (χ1n) is 10.6. The minimum atomic E-state index is -0.966. The highest BCUT2D eigenvalue weighted by Gasteiger charge is 2.45. The number of rotatable bonds is 6. The molecule has 8 nitrogen and oxygen atoms in total. The van der Waals surface area contributed by atoms with Crippen molar-refractivity contribution in [2.75, 3.05) is 0 Å². The normalized spacial score (nSPS) is 18.7. The van der Waals surface area contributed by atoms with Crippen LogP contribution in [0.1, 0.15) is 64.1 Å². The van der Waals surface area contributed by atoms with Gasteiger partial charge in [-0.2, -0.15) is 0 Å². The Labute approximate surface area is 186 Å². The van der Waals surface area contributed by atoms with Gasteiger partial charge in [-0.1, -0.05) is 36.4 Å². The molecule has 2 aliphatic rings. The Balaban J connectivity index is 1.47. The summed E-state index contributed by atoms with van der Waals surface area (Å²) in [6, 6.07) is 12.2. The minimum Gasteiger partial charge on any atom is -0.322 e. The van der Waals surface area contributed by atoms with Crippen LogP contribution in [0.3, 0.4) is 0 Å². The molecule has 0 radical (unpaired) electrons. The van der Waals surface area contributed by atoms with Crippen molar-refractivity contribution in [3.63, 3.8) is 0 Å². The molecule has 32 heavy (non-hydrogen) atoms. The second-order valence-corrected chi connectivity index (χ2v) is 8.81.